The van der Waals surface area contributed by atoms with E-state index in [0.717, 1.165) is 0 Å². The number of amides is 1. The molecule has 124 valence electrons. The SMILES string of the molecule is C=CC[C@H]1OC(C)(C)N(C(=O)OC(C)(C)C)[C@H]1CC(=C)C=O. The van der Waals surface area contributed by atoms with Crippen molar-refractivity contribution >= 4 is 12.4 Å². The van der Waals surface area contributed by atoms with E-state index in [-0.39, 0.29) is 12.1 Å². The molecule has 0 aromatic carbocycles. The van der Waals surface area contributed by atoms with Gasteiger partial charge >= 0.3 is 6.09 Å². The molecule has 2 atom stereocenters. The minimum absolute atomic E-state index is 0.239. The standard InChI is InChI=1S/C17H27NO4/c1-8-9-14-13(10-12(2)11-19)18(17(6,7)21-14)15(20)22-16(3,4)5/h8,11,13-14H,1-2,9-10H2,3-7H3/t13-,14+/m0/s1. The maximum Gasteiger partial charge on any atom is 0.412 e. The first-order chi connectivity index (χ1) is 10.0. The summed E-state index contributed by atoms with van der Waals surface area (Å²) in [6.07, 6.45) is 2.70. The number of nitrogens with zero attached hydrogens (tertiary/aromatic N) is 1. The molecule has 5 nitrogen and oxygen atoms in total. The zero-order valence-electron chi connectivity index (χ0n) is 14.2. The van der Waals surface area contributed by atoms with Gasteiger partial charge in [0.25, 0.3) is 0 Å². The van der Waals surface area contributed by atoms with E-state index in [1.165, 1.54) is 0 Å². The van der Waals surface area contributed by atoms with Crippen molar-refractivity contribution in [2.45, 2.75) is 70.9 Å². The van der Waals surface area contributed by atoms with Crippen LogP contribution in [-0.2, 0) is 14.3 Å². The van der Waals surface area contributed by atoms with Gasteiger partial charge in [0.05, 0.1) is 12.1 Å². The van der Waals surface area contributed by atoms with Crippen LogP contribution in [0.25, 0.3) is 0 Å². The molecule has 0 aliphatic carbocycles. The fraction of sp³-hybridized carbons (Fsp3) is 0.647. The van der Waals surface area contributed by atoms with E-state index in [9.17, 15) is 9.59 Å². The van der Waals surface area contributed by atoms with Crippen molar-refractivity contribution < 1.29 is 19.1 Å². The number of aldehydes is 1. The Morgan fingerprint density at radius 2 is 2.00 bits per heavy atom. The third-order valence-corrected chi connectivity index (χ3v) is 3.41. The molecule has 1 heterocycles. The third-order valence-electron chi connectivity index (χ3n) is 3.41. The molecule has 1 aliphatic rings. The van der Waals surface area contributed by atoms with Gasteiger partial charge in [-0.15, -0.1) is 6.58 Å². The molecular weight excluding hydrogens is 282 g/mol. The molecule has 0 bridgehead atoms. The van der Waals surface area contributed by atoms with Crippen LogP contribution in [0, 0.1) is 0 Å². The Kier molecular flexibility index (Phi) is 5.57. The second kappa shape index (κ2) is 6.65. The minimum atomic E-state index is -0.816. The number of rotatable bonds is 5. The van der Waals surface area contributed by atoms with Gasteiger partial charge in [0, 0.05) is 0 Å². The smallest absolute Gasteiger partial charge is 0.412 e. The maximum absolute atomic E-state index is 12.6. The molecule has 1 saturated heterocycles. The molecule has 1 aliphatic heterocycles. The molecule has 0 N–H and O–H groups in total. The van der Waals surface area contributed by atoms with Crippen molar-refractivity contribution in [2.75, 3.05) is 0 Å². The molecular formula is C17H27NO4. The lowest BCUT2D eigenvalue weighted by Gasteiger charge is -2.35. The first-order valence-corrected chi connectivity index (χ1v) is 7.46. The van der Waals surface area contributed by atoms with E-state index >= 15 is 0 Å². The molecule has 1 amide bonds. The highest BCUT2D eigenvalue weighted by molar-refractivity contribution is 5.73. The molecule has 0 aromatic heterocycles. The molecule has 0 radical (unpaired) electrons. The average Bonchev–Trinajstić information content (AvgIpc) is 2.58. The summed E-state index contributed by atoms with van der Waals surface area (Å²) in [4.78, 5) is 25.1. The Morgan fingerprint density at radius 1 is 1.41 bits per heavy atom. The zero-order chi connectivity index (χ0) is 17.1. The van der Waals surface area contributed by atoms with Crippen LogP contribution in [0.3, 0.4) is 0 Å². The molecule has 0 saturated carbocycles. The summed E-state index contributed by atoms with van der Waals surface area (Å²) in [7, 11) is 0. The van der Waals surface area contributed by atoms with Crippen LogP contribution in [0.1, 0.15) is 47.5 Å². The van der Waals surface area contributed by atoms with Crippen LogP contribution in [0.4, 0.5) is 4.79 Å². The monoisotopic (exact) mass is 309 g/mol. The van der Waals surface area contributed by atoms with Gasteiger partial charge in [-0.2, -0.15) is 0 Å². The summed E-state index contributed by atoms with van der Waals surface area (Å²) >= 11 is 0. The quantitative estimate of drug-likeness (QED) is 0.443. The summed E-state index contributed by atoms with van der Waals surface area (Å²) in [5, 5.41) is 0. The predicted octanol–water partition coefficient (Wildman–Crippen LogP) is 3.45. The van der Waals surface area contributed by atoms with Crippen molar-refractivity contribution in [3.8, 4) is 0 Å². The Hall–Kier alpha value is -1.62. The molecule has 1 rings (SSSR count). The molecule has 0 spiro atoms. The van der Waals surface area contributed by atoms with Gasteiger partial charge in [0.1, 0.15) is 17.6 Å². The lowest BCUT2D eigenvalue weighted by Crippen LogP contribution is -2.50. The van der Waals surface area contributed by atoms with Gasteiger partial charge in [-0.1, -0.05) is 12.7 Å². The summed E-state index contributed by atoms with van der Waals surface area (Å²) in [6, 6.07) is -0.305. The lowest BCUT2D eigenvalue weighted by molar-refractivity contribution is -0.105. The normalized spacial score (nSPS) is 24.0. The second-order valence-electron chi connectivity index (χ2n) is 7.03. The number of hydrogen-bond acceptors (Lipinski definition) is 4. The highest BCUT2D eigenvalue weighted by Gasteiger charge is 2.50. The van der Waals surface area contributed by atoms with Crippen LogP contribution in [-0.4, -0.2) is 40.8 Å². The van der Waals surface area contributed by atoms with Crippen molar-refractivity contribution in [3.63, 3.8) is 0 Å². The number of ether oxygens (including phenoxy) is 2. The Bertz CT molecular complexity index is 462. The maximum atomic E-state index is 12.6. The van der Waals surface area contributed by atoms with E-state index in [2.05, 4.69) is 13.2 Å². The number of carbonyl (C=O) groups excluding carboxylic acids is 2. The lowest BCUT2D eigenvalue weighted by atomic mass is 10.00. The minimum Gasteiger partial charge on any atom is -0.444 e. The van der Waals surface area contributed by atoms with E-state index in [4.69, 9.17) is 9.47 Å². The van der Waals surface area contributed by atoms with Gasteiger partial charge in [0.2, 0.25) is 0 Å². The van der Waals surface area contributed by atoms with Gasteiger partial charge in [0.15, 0.2) is 0 Å². The first kappa shape index (κ1) is 18.4. The van der Waals surface area contributed by atoms with Crippen LogP contribution in [0.5, 0.6) is 0 Å². The largest absolute Gasteiger partial charge is 0.444 e. The van der Waals surface area contributed by atoms with Gasteiger partial charge in [-0.05, 0) is 53.0 Å². The van der Waals surface area contributed by atoms with Gasteiger partial charge < -0.3 is 9.47 Å². The van der Waals surface area contributed by atoms with Crippen molar-refractivity contribution in [3.05, 3.63) is 24.8 Å². The van der Waals surface area contributed by atoms with Crippen molar-refractivity contribution in [1.29, 1.82) is 0 Å². The molecule has 0 unspecified atom stereocenters. The van der Waals surface area contributed by atoms with Crippen LogP contribution >= 0.6 is 0 Å². The number of carbonyl (C=O) groups is 2. The molecule has 5 heteroatoms. The van der Waals surface area contributed by atoms with Crippen LogP contribution in [0.15, 0.2) is 24.8 Å². The fourth-order valence-electron chi connectivity index (χ4n) is 2.65. The molecule has 22 heavy (non-hydrogen) atoms. The highest BCUT2D eigenvalue weighted by Crippen LogP contribution is 2.37. The average molecular weight is 309 g/mol. The fourth-order valence-corrected chi connectivity index (χ4v) is 2.65. The Labute approximate surface area is 133 Å². The Balaban J connectivity index is 3.09. The zero-order valence-corrected chi connectivity index (χ0v) is 14.2. The topological polar surface area (TPSA) is 55.8 Å². The molecule has 0 aromatic rings. The second-order valence-corrected chi connectivity index (χ2v) is 7.03. The highest BCUT2D eigenvalue weighted by atomic mass is 16.6. The van der Waals surface area contributed by atoms with Crippen molar-refractivity contribution in [2.24, 2.45) is 0 Å². The predicted molar refractivity (Wildman–Crippen MR) is 85.4 cm³/mol. The van der Waals surface area contributed by atoms with E-state index < -0.39 is 17.4 Å². The first-order valence-electron chi connectivity index (χ1n) is 7.46. The Morgan fingerprint density at radius 3 is 2.45 bits per heavy atom. The van der Waals surface area contributed by atoms with E-state index in [1.54, 1.807) is 11.0 Å². The van der Waals surface area contributed by atoms with Gasteiger partial charge in [-0.3, -0.25) is 9.69 Å². The summed E-state index contributed by atoms with van der Waals surface area (Å²) in [5.41, 5.74) is -0.992. The summed E-state index contributed by atoms with van der Waals surface area (Å²) in [6.45, 7) is 16.5. The van der Waals surface area contributed by atoms with Crippen LogP contribution < -0.4 is 0 Å². The van der Waals surface area contributed by atoms with E-state index in [1.807, 2.05) is 34.6 Å². The summed E-state index contributed by atoms with van der Waals surface area (Å²) in [5.74, 6) is 0. The van der Waals surface area contributed by atoms with Gasteiger partial charge in [-0.25, -0.2) is 4.79 Å². The molecule has 1 fully saturated rings. The van der Waals surface area contributed by atoms with E-state index in [0.29, 0.717) is 24.7 Å². The summed E-state index contributed by atoms with van der Waals surface area (Å²) < 4.78 is 11.5. The van der Waals surface area contributed by atoms with Crippen molar-refractivity contribution in [1.82, 2.24) is 4.90 Å². The third kappa shape index (κ3) is 4.44. The van der Waals surface area contributed by atoms with Crippen LogP contribution in [0.2, 0.25) is 0 Å². The number of hydrogen-bond donors (Lipinski definition) is 0.